The van der Waals surface area contributed by atoms with Gasteiger partial charge in [-0.15, -0.1) is 0 Å². The first-order valence-electron chi connectivity index (χ1n) is 9.16. The van der Waals surface area contributed by atoms with Crippen molar-refractivity contribution in [1.82, 2.24) is 0 Å². The van der Waals surface area contributed by atoms with E-state index >= 15 is 0 Å². The van der Waals surface area contributed by atoms with E-state index in [2.05, 4.69) is 6.92 Å². The van der Waals surface area contributed by atoms with Crippen molar-refractivity contribution < 1.29 is 23.8 Å². The third kappa shape index (κ3) is 9.75. The number of hydrogen-bond donors (Lipinski definition) is 0. The quantitative estimate of drug-likeness (QED) is 0.300. The van der Waals surface area contributed by atoms with Gasteiger partial charge in [0.1, 0.15) is 5.75 Å². The first-order valence-corrected chi connectivity index (χ1v) is 9.16. The third-order valence-electron chi connectivity index (χ3n) is 3.69. The Bertz CT molecular complexity index is 539. The topological polar surface area (TPSA) is 61.8 Å². The summed E-state index contributed by atoms with van der Waals surface area (Å²) < 4.78 is 15.8. The van der Waals surface area contributed by atoms with Gasteiger partial charge in [0.15, 0.2) is 11.5 Å². The van der Waals surface area contributed by atoms with E-state index in [9.17, 15) is 9.59 Å². The van der Waals surface area contributed by atoms with Gasteiger partial charge in [-0.2, -0.15) is 0 Å². The van der Waals surface area contributed by atoms with E-state index in [1.165, 1.54) is 52.4 Å². The van der Waals surface area contributed by atoms with Gasteiger partial charge in [0.05, 0.1) is 6.61 Å². The Morgan fingerprint density at radius 1 is 0.800 bits per heavy atom. The maximum Gasteiger partial charge on any atom is 0.308 e. The lowest BCUT2D eigenvalue weighted by molar-refractivity contribution is -0.134. The molecule has 140 valence electrons. The molecule has 0 N–H and O–H groups in total. The molecule has 0 aliphatic carbocycles. The number of ether oxygens (including phenoxy) is 3. The van der Waals surface area contributed by atoms with E-state index in [1.807, 2.05) is 0 Å². The van der Waals surface area contributed by atoms with E-state index in [4.69, 9.17) is 14.2 Å². The van der Waals surface area contributed by atoms with E-state index in [1.54, 1.807) is 18.2 Å². The number of carbonyl (C=O) groups excluding carboxylic acids is 2. The molecule has 1 rings (SSSR count). The minimum Gasteiger partial charge on any atom is -0.493 e. The monoisotopic (exact) mass is 350 g/mol. The second-order valence-electron chi connectivity index (χ2n) is 6.12. The molecule has 0 aliphatic rings. The van der Waals surface area contributed by atoms with Crippen LogP contribution in [0.25, 0.3) is 0 Å². The fourth-order valence-corrected chi connectivity index (χ4v) is 2.48. The van der Waals surface area contributed by atoms with Crippen molar-refractivity contribution in [2.24, 2.45) is 0 Å². The van der Waals surface area contributed by atoms with Crippen LogP contribution in [0.15, 0.2) is 18.2 Å². The Kier molecular flexibility index (Phi) is 10.4. The molecule has 0 radical (unpaired) electrons. The summed E-state index contributed by atoms with van der Waals surface area (Å²) in [5.74, 6) is 0.0444. The minimum absolute atomic E-state index is 0.191. The molecule has 0 aliphatic heterocycles. The van der Waals surface area contributed by atoms with Crippen LogP contribution in [0.5, 0.6) is 17.2 Å². The highest BCUT2D eigenvalue weighted by Gasteiger charge is 2.11. The van der Waals surface area contributed by atoms with E-state index < -0.39 is 11.9 Å². The van der Waals surface area contributed by atoms with Gasteiger partial charge < -0.3 is 14.2 Å². The first-order chi connectivity index (χ1) is 12.0. The fourth-order valence-electron chi connectivity index (χ4n) is 2.48. The molecular weight excluding hydrogens is 320 g/mol. The summed E-state index contributed by atoms with van der Waals surface area (Å²) in [6.45, 7) is 5.43. The predicted molar refractivity (Wildman–Crippen MR) is 97.2 cm³/mol. The van der Waals surface area contributed by atoms with E-state index in [0.717, 1.165) is 12.8 Å². The number of esters is 2. The van der Waals surface area contributed by atoms with E-state index in [0.29, 0.717) is 12.4 Å². The smallest absolute Gasteiger partial charge is 0.308 e. The summed E-state index contributed by atoms with van der Waals surface area (Å²) in [6, 6.07) is 4.85. The molecule has 5 heteroatoms. The Morgan fingerprint density at radius 2 is 1.36 bits per heavy atom. The van der Waals surface area contributed by atoms with Crippen LogP contribution in [0.4, 0.5) is 0 Å². The molecule has 0 bridgehead atoms. The summed E-state index contributed by atoms with van der Waals surface area (Å²) in [7, 11) is 0. The van der Waals surface area contributed by atoms with Gasteiger partial charge in [-0.1, -0.05) is 51.9 Å². The second kappa shape index (κ2) is 12.3. The molecule has 5 nitrogen and oxygen atoms in total. The Morgan fingerprint density at radius 3 is 1.96 bits per heavy atom. The summed E-state index contributed by atoms with van der Waals surface area (Å²) in [5, 5.41) is 0. The largest absolute Gasteiger partial charge is 0.493 e. The maximum atomic E-state index is 11.2. The molecule has 0 atom stereocenters. The summed E-state index contributed by atoms with van der Waals surface area (Å²) in [6.07, 6.45) is 9.91. The van der Waals surface area contributed by atoms with Gasteiger partial charge in [0, 0.05) is 19.9 Å². The summed E-state index contributed by atoms with van der Waals surface area (Å²) in [4.78, 5) is 22.3. The van der Waals surface area contributed by atoms with Crippen LogP contribution in [0, 0.1) is 0 Å². The van der Waals surface area contributed by atoms with Crippen LogP contribution < -0.4 is 14.2 Å². The SMILES string of the molecule is CCCCCCCCCCOc1ccc(OC(C)=O)c(OC(C)=O)c1. The van der Waals surface area contributed by atoms with Crippen molar-refractivity contribution in [3.05, 3.63) is 18.2 Å². The highest BCUT2D eigenvalue weighted by molar-refractivity contribution is 5.73. The Hall–Kier alpha value is -2.04. The maximum absolute atomic E-state index is 11.2. The van der Waals surface area contributed by atoms with Crippen molar-refractivity contribution in [2.75, 3.05) is 6.61 Å². The van der Waals surface area contributed by atoms with Gasteiger partial charge in [-0.25, -0.2) is 0 Å². The molecule has 0 fully saturated rings. The zero-order valence-corrected chi connectivity index (χ0v) is 15.6. The average molecular weight is 350 g/mol. The lowest BCUT2D eigenvalue weighted by Crippen LogP contribution is -2.07. The number of hydrogen-bond acceptors (Lipinski definition) is 5. The molecule has 0 saturated heterocycles. The highest BCUT2D eigenvalue weighted by atomic mass is 16.6. The van der Waals surface area contributed by atoms with Crippen LogP contribution in [0.3, 0.4) is 0 Å². The zero-order valence-electron chi connectivity index (χ0n) is 15.6. The van der Waals surface area contributed by atoms with E-state index in [-0.39, 0.29) is 11.5 Å². The normalized spacial score (nSPS) is 10.4. The molecule has 0 amide bonds. The van der Waals surface area contributed by atoms with Crippen molar-refractivity contribution >= 4 is 11.9 Å². The first kappa shape index (κ1) is 21.0. The number of carbonyl (C=O) groups is 2. The van der Waals surface area contributed by atoms with Crippen molar-refractivity contribution in [3.63, 3.8) is 0 Å². The number of unbranched alkanes of at least 4 members (excludes halogenated alkanes) is 7. The molecule has 0 aromatic heterocycles. The Labute approximate surface area is 150 Å². The summed E-state index contributed by atoms with van der Waals surface area (Å²) in [5.41, 5.74) is 0. The van der Waals surface area contributed by atoms with Crippen LogP contribution >= 0.6 is 0 Å². The summed E-state index contributed by atoms with van der Waals surface area (Å²) >= 11 is 0. The average Bonchev–Trinajstić information content (AvgIpc) is 2.54. The molecule has 25 heavy (non-hydrogen) atoms. The van der Waals surface area contributed by atoms with Crippen LogP contribution in [-0.4, -0.2) is 18.5 Å². The van der Waals surface area contributed by atoms with Gasteiger partial charge in [0.25, 0.3) is 0 Å². The lowest BCUT2D eigenvalue weighted by Gasteiger charge is -2.11. The van der Waals surface area contributed by atoms with Crippen molar-refractivity contribution in [3.8, 4) is 17.2 Å². The standard InChI is InChI=1S/C20H30O5/c1-4-5-6-7-8-9-10-11-14-23-18-12-13-19(24-16(2)21)20(15-18)25-17(3)22/h12-13,15H,4-11,14H2,1-3H3. The molecule has 1 aromatic rings. The highest BCUT2D eigenvalue weighted by Crippen LogP contribution is 2.32. The van der Waals surface area contributed by atoms with Crippen LogP contribution in [0.2, 0.25) is 0 Å². The van der Waals surface area contributed by atoms with Crippen LogP contribution in [-0.2, 0) is 9.59 Å². The molecule has 0 spiro atoms. The molecule has 0 unspecified atom stereocenters. The van der Waals surface area contributed by atoms with Gasteiger partial charge in [-0.05, 0) is 18.6 Å². The zero-order chi connectivity index (χ0) is 18.5. The second-order valence-corrected chi connectivity index (χ2v) is 6.12. The van der Waals surface area contributed by atoms with Crippen molar-refractivity contribution in [2.45, 2.75) is 72.1 Å². The fraction of sp³-hybridized carbons (Fsp3) is 0.600. The van der Waals surface area contributed by atoms with Crippen LogP contribution in [0.1, 0.15) is 72.1 Å². The number of rotatable bonds is 12. The van der Waals surface area contributed by atoms with Crippen molar-refractivity contribution in [1.29, 1.82) is 0 Å². The third-order valence-corrected chi connectivity index (χ3v) is 3.69. The predicted octanol–water partition coefficient (Wildman–Crippen LogP) is 5.06. The van der Waals surface area contributed by atoms with Gasteiger partial charge in [0.2, 0.25) is 0 Å². The molecule has 1 aromatic carbocycles. The number of benzene rings is 1. The molecule has 0 heterocycles. The molecule has 0 saturated carbocycles. The Balaban J connectivity index is 2.37. The van der Waals surface area contributed by atoms with Gasteiger partial charge in [-0.3, -0.25) is 9.59 Å². The molecular formula is C20H30O5. The lowest BCUT2D eigenvalue weighted by atomic mass is 10.1. The minimum atomic E-state index is -0.478. The van der Waals surface area contributed by atoms with Gasteiger partial charge >= 0.3 is 11.9 Å².